The summed E-state index contributed by atoms with van der Waals surface area (Å²) in [5.41, 5.74) is 0.500. The third kappa shape index (κ3) is 2.91. The van der Waals surface area contributed by atoms with Crippen LogP contribution in [0.2, 0.25) is 0 Å². The summed E-state index contributed by atoms with van der Waals surface area (Å²) >= 11 is 0. The topological polar surface area (TPSA) is 97.2 Å². The Kier molecular flexibility index (Phi) is 3.76. The summed E-state index contributed by atoms with van der Waals surface area (Å²) in [5, 5.41) is 15.7. The van der Waals surface area contributed by atoms with E-state index in [0.29, 0.717) is 5.69 Å². The van der Waals surface area contributed by atoms with Gasteiger partial charge in [0.1, 0.15) is 0 Å². The number of hydrogen-bond acceptors (Lipinski definition) is 5. The number of aryl methyl sites for hydroxylation is 1. The van der Waals surface area contributed by atoms with Crippen molar-refractivity contribution in [1.29, 1.82) is 0 Å². The molecule has 0 saturated carbocycles. The Morgan fingerprint density at radius 1 is 1.56 bits per heavy atom. The highest BCUT2D eigenvalue weighted by molar-refractivity contribution is 5.80. The quantitative estimate of drug-likeness (QED) is 0.571. The molecule has 1 aromatic heterocycles. The smallest absolute Gasteiger partial charge is 0.311 e. The number of nitrogens with one attached hydrogen (secondary N) is 2. The lowest BCUT2D eigenvalue weighted by molar-refractivity contribution is -0.384. The monoisotopic (exact) mass is 224 g/mol. The molecule has 0 aliphatic rings. The third-order valence-electron chi connectivity index (χ3n) is 1.91. The van der Waals surface area contributed by atoms with Crippen LogP contribution in [0.4, 0.5) is 11.5 Å². The van der Waals surface area contributed by atoms with Gasteiger partial charge >= 0.3 is 5.69 Å². The number of anilines is 1. The Labute approximate surface area is 92.0 Å². The molecule has 2 N–H and O–H groups in total. The molecule has 1 rings (SSSR count). The molecule has 86 valence electrons. The van der Waals surface area contributed by atoms with E-state index in [1.165, 1.54) is 13.1 Å². The second-order valence-corrected chi connectivity index (χ2v) is 3.10. The molecule has 0 aliphatic heterocycles. The number of pyridine rings is 1. The third-order valence-corrected chi connectivity index (χ3v) is 1.91. The largest absolute Gasteiger partial charge is 0.358 e. The van der Waals surface area contributed by atoms with Crippen molar-refractivity contribution in [2.24, 2.45) is 0 Å². The van der Waals surface area contributed by atoms with Gasteiger partial charge in [-0.2, -0.15) is 0 Å². The fourth-order valence-electron chi connectivity index (χ4n) is 1.08. The Balaban J connectivity index is 2.88. The Morgan fingerprint density at radius 2 is 2.25 bits per heavy atom. The van der Waals surface area contributed by atoms with Gasteiger partial charge in [-0.1, -0.05) is 0 Å². The van der Waals surface area contributed by atoms with Crippen LogP contribution < -0.4 is 10.6 Å². The fourth-order valence-corrected chi connectivity index (χ4v) is 1.08. The highest BCUT2D eigenvalue weighted by atomic mass is 16.6. The van der Waals surface area contributed by atoms with E-state index in [0.717, 1.165) is 0 Å². The van der Waals surface area contributed by atoms with E-state index in [4.69, 9.17) is 0 Å². The van der Waals surface area contributed by atoms with Gasteiger partial charge < -0.3 is 10.6 Å². The van der Waals surface area contributed by atoms with Crippen molar-refractivity contribution in [3.63, 3.8) is 0 Å². The van der Waals surface area contributed by atoms with Gasteiger partial charge in [0.25, 0.3) is 0 Å². The normalized spacial score (nSPS) is 9.62. The molecule has 16 heavy (non-hydrogen) atoms. The van der Waals surface area contributed by atoms with Crippen LogP contribution in [0, 0.1) is 17.0 Å². The molecular formula is C9H12N4O3. The molecule has 0 aromatic carbocycles. The lowest BCUT2D eigenvalue weighted by Crippen LogP contribution is -2.26. The molecule has 0 saturated heterocycles. The minimum absolute atomic E-state index is 0.0478. The summed E-state index contributed by atoms with van der Waals surface area (Å²) in [7, 11) is 1.49. The van der Waals surface area contributed by atoms with Crippen LogP contribution in [0.25, 0.3) is 0 Å². The molecule has 7 heteroatoms. The van der Waals surface area contributed by atoms with Gasteiger partial charge in [-0.25, -0.2) is 4.98 Å². The van der Waals surface area contributed by atoms with Crippen LogP contribution >= 0.6 is 0 Å². The van der Waals surface area contributed by atoms with Crippen molar-refractivity contribution in [2.75, 3.05) is 18.9 Å². The summed E-state index contributed by atoms with van der Waals surface area (Å²) in [4.78, 5) is 25.1. The highest BCUT2D eigenvalue weighted by Gasteiger charge is 2.15. The van der Waals surface area contributed by atoms with E-state index in [1.54, 1.807) is 13.0 Å². The molecule has 0 atom stereocenters. The standard InChI is InChI=1S/C9H12N4O3/c1-6-3-4-7(13(15)16)9(12-6)11-5-8(14)10-2/h3-4H,5H2,1-2H3,(H,10,14)(H,11,12). The molecule has 1 heterocycles. The van der Waals surface area contributed by atoms with E-state index >= 15 is 0 Å². The van der Waals surface area contributed by atoms with E-state index in [1.807, 2.05) is 0 Å². The zero-order valence-electron chi connectivity index (χ0n) is 8.98. The van der Waals surface area contributed by atoms with E-state index in [-0.39, 0.29) is 24.0 Å². The van der Waals surface area contributed by atoms with Crippen molar-refractivity contribution >= 4 is 17.4 Å². The molecule has 0 aliphatic carbocycles. The summed E-state index contributed by atoms with van der Waals surface area (Å²) in [6.45, 7) is 1.67. The Hall–Kier alpha value is -2.18. The molecule has 0 bridgehead atoms. The molecule has 0 fully saturated rings. The zero-order chi connectivity index (χ0) is 12.1. The van der Waals surface area contributed by atoms with Gasteiger partial charge in [0, 0.05) is 18.8 Å². The number of carbonyl (C=O) groups excluding carboxylic acids is 1. The number of hydrogen-bond donors (Lipinski definition) is 2. The number of nitrogens with zero attached hydrogens (tertiary/aromatic N) is 2. The number of aromatic nitrogens is 1. The Bertz CT molecular complexity index is 419. The van der Waals surface area contributed by atoms with Crippen molar-refractivity contribution in [2.45, 2.75) is 6.92 Å². The maximum absolute atomic E-state index is 11.0. The fraction of sp³-hybridized carbons (Fsp3) is 0.333. The molecule has 0 spiro atoms. The summed E-state index contributed by atoms with van der Waals surface area (Å²) < 4.78 is 0. The summed E-state index contributed by atoms with van der Waals surface area (Å²) in [5.74, 6) is -0.161. The first kappa shape index (κ1) is 11.9. The lowest BCUT2D eigenvalue weighted by atomic mass is 10.3. The van der Waals surface area contributed by atoms with E-state index < -0.39 is 4.92 Å². The van der Waals surface area contributed by atoms with Crippen molar-refractivity contribution in [3.05, 3.63) is 27.9 Å². The molecular weight excluding hydrogens is 212 g/mol. The number of carbonyl (C=O) groups is 1. The first-order valence-corrected chi connectivity index (χ1v) is 4.61. The van der Waals surface area contributed by atoms with Crippen LogP contribution in [0.15, 0.2) is 12.1 Å². The van der Waals surface area contributed by atoms with Crippen LogP contribution in [0.5, 0.6) is 0 Å². The number of rotatable bonds is 4. The van der Waals surface area contributed by atoms with Crippen molar-refractivity contribution < 1.29 is 9.72 Å². The van der Waals surface area contributed by atoms with Crippen LogP contribution in [0.1, 0.15) is 5.69 Å². The van der Waals surface area contributed by atoms with E-state index in [9.17, 15) is 14.9 Å². The lowest BCUT2D eigenvalue weighted by Gasteiger charge is -2.05. The van der Waals surface area contributed by atoms with Gasteiger partial charge in [-0.05, 0) is 13.0 Å². The minimum atomic E-state index is -0.543. The second kappa shape index (κ2) is 5.06. The average molecular weight is 224 g/mol. The molecule has 7 nitrogen and oxygen atoms in total. The predicted octanol–water partition coefficient (Wildman–Crippen LogP) is 0.456. The van der Waals surface area contributed by atoms with Crippen LogP contribution in [0.3, 0.4) is 0 Å². The van der Waals surface area contributed by atoms with Gasteiger partial charge in [0.05, 0.1) is 11.5 Å². The molecule has 0 unspecified atom stereocenters. The molecule has 0 radical (unpaired) electrons. The maximum atomic E-state index is 11.0. The van der Waals surface area contributed by atoms with E-state index in [2.05, 4.69) is 15.6 Å². The van der Waals surface area contributed by atoms with Crippen LogP contribution in [-0.4, -0.2) is 29.4 Å². The van der Waals surface area contributed by atoms with Crippen molar-refractivity contribution in [1.82, 2.24) is 10.3 Å². The predicted molar refractivity (Wildman–Crippen MR) is 58.2 cm³/mol. The summed E-state index contributed by atoms with van der Waals surface area (Å²) in [6, 6.07) is 2.90. The first-order valence-electron chi connectivity index (χ1n) is 4.61. The van der Waals surface area contributed by atoms with Gasteiger partial charge in [-0.3, -0.25) is 14.9 Å². The number of amides is 1. The first-order chi connectivity index (χ1) is 7.54. The number of nitro groups is 1. The van der Waals surface area contributed by atoms with Gasteiger partial charge in [0.15, 0.2) is 0 Å². The second-order valence-electron chi connectivity index (χ2n) is 3.10. The molecule has 1 aromatic rings. The van der Waals surface area contributed by atoms with Gasteiger partial charge in [0.2, 0.25) is 11.7 Å². The zero-order valence-corrected chi connectivity index (χ0v) is 8.98. The van der Waals surface area contributed by atoms with Crippen LogP contribution in [-0.2, 0) is 4.79 Å². The molecule has 1 amide bonds. The summed E-state index contributed by atoms with van der Waals surface area (Å²) in [6.07, 6.45) is 0. The maximum Gasteiger partial charge on any atom is 0.311 e. The average Bonchev–Trinajstić information content (AvgIpc) is 2.25. The SMILES string of the molecule is CNC(=O)CNc1nc(C)ccc1[N+](=O)[O-]. The highest BCUT2D eigenvalue weighted by Crippen LogP contribution is 2.21. The minimum Gasteiger partial charge on any atom is -0.358 e. The Morgan fingerprint density at radius 3 is 2.81 bits per heavy atom. The van der Waals surface area contributed by atoms with Crippen molar-refractivity contribution in [3.8, 4) is 0 Å². The number of likely N-dealkylation sites (N-methyl/N-ethyl adjacent to an activating group) is 1. The van der Waals surface area contributed by atoms with Gasteiger partial charge in [-0.15, -0.1) is 0 Å².